The van der Waals surface area contributed by atoms with E-state index in [1.165, 1.54) is 0 Å². The summed E-state index contributed by atoms with van der Waals surface area (Å²) in [6.07, 6.45) is 1.08. The van der Waals surface area contributed by atoms with E-state index in [-0.39, 0.29) is 0 Å². The molecular formula is C17H17O3P. The molecule has 2 rings (SSSR count). The zero-order valence-electron chi connectivity index (χ0n) is 11.8. The van der Waals surface area contributed by atoms with Crippen LogP contribution in [-0.2, 0) is 14.1 Å². The Balaban J connectivity index is 2.52. The molecule has 0 N–H and O–H groups in total. The molecular weight excluding hydrogens is 283 g/mol. The van der Waals surface area contributed by atoms with Gasteiger partial charge < -0.3 is 9.30 Å². The summed E-state index contributed by atoms with van der Waals surface area (Å²) < 4.78 is 18.9. The summed E-state index contributed by atoms with van der Waals surface area (Å²) in [6, 6.07) is 18.2. The van der Waals surface area contributed by atoms with Gasteiger partial charge in [-0.2, -0.15) is 0 Å². The Morgan fingerprint density at radius 3 is 1.86 bits per heavy atom. The molecule has 0 fully saturated rings. The molecule has 0 aliphatic rings. The normalized spacial score (nSPS) is 12.4. The van der Waals surface area contributed by atoms with Crippen molar-refractivity contribution in [1.29, 1.82) is 0 Å². The summed E-state index contributed by atoms with van der Waals surface area (Å²) in [5.74, 6) is -1.33. The zero-order valence-corrected chi connectivity index (χ0v) is 12.7. The minimum Gasteiger partial charge on any atom is -0.451 e. The smallest absolute Gasteiger partial charge is 0.330 e. The van der Waals surface area contributed by atoms with Gasteiger partial charge in [0.05, 0.1) is 0 Å². The average Bonchev–Trinajstić information content (AvgIpc) is 2.55. The van der Waals surface area contributed by atoms with Crippen molar-refractivity contribution >= 4 is 23.7 Å². The lowest BCUT2D eigenvalue weighted by molar-refractivity contribution is -0.138. The van der Waals surface area contributed by atoms with Crippen LogP contribution in [0, 0.1) is 0 Å². The van der Waals surface area contributed by atoms with Crippen molar-refractivity contribution in [2.45, 2.75) is 12.8 Å². The van der Waals surface area contributed by atoms with Gasteiger partial charge in [0, 0.05) is 16.7 Å². The van der Waals surface area contributed by atoms with Crippen LogP contribution in [0.15, 0.2) is 73.3 Å². The van der Waals surface area contributed by atoms with Crippen molar-refractivity contribution in [2.24, 2.45) is 0 Å². The topological polar surface area (TPSA) is 43.4 Å². The Morgan fingerprint density at radius 2 is 1.48 bits per heavy atom. The minimum atomic E-state index is -3.07. The number of hydrogen-bond donors (Lipinski definition) is 0. The van der Waals surface area contributed by atoms with E-state index in [0.29, 0.717) is 10.6 Å². The summed E-state index contributed by atoms with van der Waals surface area (Å²) in [7, 11) is -3.07. The monoisotopic (exact) mass is 300 g/mol. The van der Waals surface area contributed by atoms with Gasteiger partial charge in [0.25, 0.3) is 0 Å². The highest BCUT2D eigenvalue weighted by atomic mass is 31.2. The van der Waals surface area contributed by atoms with Crippen molar-refractivity contribution < 1.29 is 14.1 Å². The van der Waals surface area contributed by atoms with Crippen LogP contribution in [0.4, 0.5) is 0 Å². The molecule has 0 amide bonds. The molecule has 0 aromatic heterocycles. The van der Waals surface area contributed by atoms with Crippen LogP contribution in [0.25, 0.3) is 0 Å². The van der Waals surface area contributed by atoms with Crippen LogP contribution in [0.2, 0.25) is 0 Å². The fraction of sp³-hybridized carbons (Fsp3) is 0.118. The zero-order chi connectivity index (χ0) is 15.3. The number of hydrogen-bond acceptors (Lipinski definition) is 3. The molecule has 0 spiro atoms. The molecule has 2 aromatic rings. The number of carbonyl (C=O) groups excluding carboxylic acids is 1. The Labute approximate surface area is 124 Å². The maximum absolute atomic E-state index is 13.7. The lowest BCUT2D eigenvalue weighted by atomic mass is 10.4. The van der Waals surface area contributed by atoms with E-state index in [9.17, 15) is 9.36 Å². The standard InChI is InChI=1S/C17H17O3P/c1-3-17(18)20-14(2)21(19,15-10-6-4-7-11-15)16-12-8-5-9-13-16/h3-14H,1H2,2H3. The van der Waals surface area contributed by atoms with Gasteiger partial charge >= 0.3 is 5.97 Å². The number of benzene rings is 2. The lowest BCUT2D eigenvalue weighted by Gasteiger charge is -2.25. The SMILES string of the molecule is C=CC(=O)OC(C)P(=O)(c1ccccc1)c1ccccc1. The predicted molar refractivity (Wildman–Crippen MR) is 85.5 cm³/mol. The second kappa shape index (κ2) is 6.55. The van der Waals surface area contributed by atoms with Gasteiger partial charge in [-0.1, -0.05) is 67.2 Å². The molecule has 0 aliphatic carbocycles. The van der Waals surface area contributed by atoms with Gasteiger partial charge in [-0.05, 0) is 6.92 Å². The first-order valence-electron chi connectivity index (χ1n) is 6.63. The molecule has 108 valence electrons. The summed E-state index contributed by atoms with van der Waals surface area (Å²) >= 11 is 0. The van der Waals surface area contributed by atoms with E-state index >= 15 is 0 Å². The van der Waals surface area contributed by atoms with Crippen molar-refractivity contribution in [2.75, 3.05) is 0 Å². The summed E-state index contributed by atoms with van der Waals surface area (Å²) in [4.78, 5) is 11.5. The fourth-order valence-electron chi connectivity index (χ4n) is 2.16. The molecule has 1 atom stereocenters. The van der Waals surface area contributed by atoms with Crippen LogP contribution in [-0.4, -0.2) is 11.8 Å². The van der Waals surface area contributed by atoms with E-state index in [2.05, 4.69) is 6.58 Å². The molecule has 21 heavy (non-hydrogen) atoms. The van der Waals surface area contributed by atoms with Crippen LogP contribution >= 0.6 is 7.14 Å². The molecule has 4 heteroatoms. The molecule has 0 saturated carbocycles. The van der Waals surface area contributed by atoms with E-state index < -0.39 is 19.0 Å². The molecule has 0 heterocycles. The maximum Gasteiger partial charge on any atom is 0.330 e. The number of carbonyl (C=O) groups is 1. The van der Waals surface area contributed by atoms with Crippen molar-refractivity contribution in [1.82, 2.24) is 0 Å². The third-order valence-electron chi connectivity index (χ3n) is 3.24. The summed E-state index contributed by atoms with van der Waals surface area (Å²) in [5, 5.41) is 1.33. The third-order valence-corrected chi connectivity index (χ3v) is 6.51. The maximum atomic E-state index is 13.7. The van der Waals surface area contributed by atoms with Crippen molar-refractivity contribution in [3.05, 3.63) is 73.3 Å². The van der Waals surface area contributed by atoms with Crippen molar-refractivity contribution in [3.8, 4) is 0 Å². The van der Waals surface area contributed by atoms with Gasteiger partial charge in [-0.15, -0.1) is 0 Å². The molecule has 2 aromatic carbocycles. The van der Waals surface area contributed by atoms with Gasteiger partial charge in [0.1, 0.15) is 0 Å². The van der Waals surface area contributed by atoms with Gasteiger partial charge in [0.15, 0.2) is 13.0 Å². The first-order chi connectivity index (χ1) is 10.1. The molecule has 0 saturated heterocycles. The minimum absolute atomic E-state index is 0.574. The summed E-state index contributed by atoms with van der Waals surface area (Å²) in [5.41, 5.74) is 0. The lowest BCUT2D eigenvalue weighted by Crippen LogP contribution is -2.27. The van der Waals surface area contributed by atoms with Gasteiger partial charge in [0.2, 0.25) is 0 Å². The highest BCUT2D eigenvalue weighted by Gasteiger charge is 2.36. The van der Waals surface area contributed by atoms with E-state index in [1.54, 1.807) is 31.2 Å². The molecule has 3 nitrogen and oxygen atoms in total. The largest absolute Gasteiger partial charge is 0.451 e. The van der Waals surface area contributed by atoms with Crippen LogP contribution in [0.3, 0.4) is 0 Å². The van der Waals surface area contributed by atoms with E-state index in [0.717, 1.165) is 6.08 Å². The Morgan fingerprint density at radius 1 is 1.05 bits per heavy atom. The Kier molecular flexibility index (Phi) is 4.77. The number of esters is 1. The molecule has 0 radical (unpaired) electrons. The quantitative estimate of drug-likeness (QED) is 0.484. The van der Waals surface area contributed by atoms with E-state index in [4.69, 9.17) is 4.74 Å². The van der Waals surface area contributed by atoms with Gasteiger partial charge in [-0.3, -0.25) is 0 Å². The average molecular weight is 300 g/mol. The number of rotatable bonds is 5. The first kappa shape index (κ1) is 15.3. The second-order valence-electron chi connectivity index (χ2n) is 4.57. The Hall–Kier alpha value is -2.12. The van der Waals surface area contributed by atoms with Crippen molar-refractivity contribution in [3.63, 3.8) is 0 Å². The van der Waals surface area contributed by atoms with Crippen LogP contribution in [0.5, 0.6) is 0 Å². The van der Waals surface area contributed by atoms with Crippen LogP contribution in [0.1, 0.15) is 6.92 Å². The van der Waals surface area contributed by atoms with Gasteiger partial charge in [-0.25, -0.2) is 4.79 Å². The fourth-order valence-corrected chi connectivity index (χ4v) is 4.78. The highest BCUT2D eigenvalue weighted by Crippen LogP contribution is 2.48. The second-order valence-corrected chi connectivity index (χ2v) is 7.65. The first-order valence-corrected chi connectivity index (χ1v) is 8.40. The highest BCUT2D eigenvalue weighted by molar-refractivity contribution is 7.79. The Bertz CT molecular complexity index is 621. The number of ether oxygens (including phenoxy) is 1. The third kappa shape index (κ3) is 3.14. The van der Waals surface area contributed by atoms with E-state index in [1.807, 2.05) is 36.4 Å². The predicted octanol–water partition coefficient (Wildman–Crippen LogP) is 3.08. The molecule has 0 aliphatic heterocycles. The summed E-state index contributed by atoms with van der Waals surface area (Å²) in [6.45, 7) is 5.03. The molecule has 0 bridgehead atoms. The van der Waals surface area contributed by atoms with Crippen LogP contribution < -0.4 is 10.6 Å². The molecule has 1 unspecified atom stereocenters.